The number of nitrogens with zero attached hydrogens (tertiary/aromatic N) is 1. The third kappa shape index (κ3) is 5.23. The van der Waals surface area contributed by atoms with Gasteiger partial charge in [-0.1, -0.05) is 18.2 Å². The van der Waals surface area contributed by atoms with E-state index in [1.165, 1.54) is 23.5 Å². The van der Waals surface area contributed by atoms with Crippen molar-refractivity contribution in [1.29, 1.82) is 0 Å². The molecule has 0 saturated heterocycles. The van der Waals surface area contributed by atoms with E-state index in [1.807, 2.05) is 6.08 Å². The van der Waals surface area contributed by atoms with E-state index >= 15 is 0 Å². The van der Waals surface area contributed by atoms with E-state index in [9.17, 15) is 13.2 Å². The Morgan fingerprint density at radius 2 is 1.97 bits per heavy atom. The monoisotopic (exact) mass is 463 g/mol. The van der Waals surface area contributed by atoms with Crippen molar-refractivity contribution in [2.24, 2.45) is 11.7 Å². The van der Waals surface area contributed by atoms with Crippen LogP contribution in [0, 0.1) is 23.4 Å². The molecule has 0 saturated carbocycles. The van der Waals surface area contributed by atoms with E-state index in [2.05, 4.69) is 9.71 Å². The second kappa shape index (κ2) is 9.76. The summed E-state index contributed by atoms with van der Waals surface area (Å²) in [6.07, 6.45) is 3.60. The molecule has 4 rings (SSSR count). The van der Waals surface area contributed by atoms with E-state index in [4.69, 9.17) is 10.5 Å². The molecular weight excluding hydrogens is 443 g/mol. The molecule has 2 unspecified atom stereocenters. The molecule has 1 aliphatic carbocycles. The summed E-state index contributed by atoms with van der Waals surface area (Å²) in [6.45, 7) is 0.0876. The van der Waals surface area contributed by atoms with Crippen LogP contribution in [0.3, 0.4) is 0 Å². The van der Waals surface area contributed by atoms with Gasteiger partial charge in [-0.05, 0) is 54.1 Å². The lowest BCUT2D eigenvalue weighted by atomic mass is 9.81. The summed E-state index contributed by atoms with van der Waals surface area (Å²) < 4.78 is 50.9. The van der Waals surface area contributed by atoms with Gasteiger partial charge in [-0.3, -0.25) is 0 Å². The number of aromatic nitrogens is 1. The Kier molecular flexibility index (Phi) is 6.84. The fraction of sp³-hybridized carbons (Fsp3) is 0.227. The van der Waals surface area contributed by atoms with Crippen molar-refractivity contribution < 1.29 is 17.9 Å². The molecule has 0 amide bonds. The number of benzene rings is 2. The number of anilines is 1. The average Bonchev–Trinajstić information content (AvgIpc) is 3.28. The second-order valence-corrected chi connectivity index (χ2v) is 8.68. The highest BCUT2D eigenvalue weighted by Gasteiger charge is 2.27. The lowest BCUT2D eigenvalue weighted by Gasteiger charge is -2.30. The summed E-state index contributed by atoms with van der Waals surface area (Å²) in [5, 5.41) is 1.76. The van der Waals surface area contributed by atoms with Gasteiger partial charge in [-0.2, -0.15) is 0 Å². The van der Waals surface area contributed by atoms with E-state index in [0.29, 0.717) is 5.82 Å². The first-order valence-corrected chi connectivity index (χ1v) is 11.4. The molecule has 2 aromatic carbocycles. The molecule has 2 atom stereocenters. The maximum atomic E-state index is 14.6. The third-order valence-electron chi connectivity index (χ3n) is 5.06. The number of hydrogen-bond donors (Lipinski definition) is 2. The lowest BCUT2D eigenvalue weighted by Crippen LogP contribution is -2.37. The Morgan fingerprint density at radius 3 is 2.71 bits per heavy atom. The number of thiazole rings is 1. The van der Waals surface area contributed by atoms with E-state index in [0.717, 1.165) is 48.1 Å². The minimum atomic E-state index is -0.666. The van der Waals surface area contributed by atoms with Gasteiger partial charge in [0.15, 0.2) is 11.6 Å². The van der Waals surface area contributed by atoms with Crippen LogP contribution in [0.1, 0.15) is 18.4 Å². The van der Waals surface area contributed by atoms with Gasteiger partial charge in [0.1, 0.15) is 17.5 Å². The van der Waals surface area contributed by atoms with Crippen LogP contribution < -0.4 is 15.2 Å². The molecular formula is C22H20F3N3OS2. The molecule has 3 N–H and O–H groups in total. The minimum absolute atomic E-state index is 0.0876. The van der Waals surface area contributed by atoms with Crippen molar-refractivity contribution in [3.63, 3.8) is 0 Å². The SMILES string of the molecule is NC1CCC=C(c2ccc(F)cc2)C1COc1cc(F)c(SNc2cscn2)cc1F. The normalized spacial score (nSPS) is 18.5. The molecule has 162 valence electrons. The Balaban J connectivity index is 1.46. The minimum Gasteiger partial charge on any atom is -0.490 e. The summed E-state index contributed by atoms with van der Waals surface area (Å²) >= 11 is 2.33. The highest BCUT2D eigenvalue weighted by Crippen LogP contribution is 2.34. The van der Waals surface area contributed by atoms with Crippen molar-refractivity contribution >= 4 is 34.7 Å². The van der Waals surface area contributed by atoms with Crippen LogP contribution in [0.25, 0.3) is 5.57 Å². The van der Waals surface area contributed by atoms with Gasteiger partial charge in [0.05, 0.1) is 17.0 Å². The molecule has 31 heavy (non-hydrogen) atoms. The number of ether oxygens (including phenoxy) is 1. The van der Waals surface area contributed by atoms with Crippen LogP contribution in [0.5, 0.6) is 5.75 Å². The number of nitrogens with one attached hydrogen (secondary N) is 1. The molecule has 1 aromatic heterocycles. The molecule has 1 aliphatic rings. The first-order valence-electron chi connectivity index (χ1n) is 9.65. The van der Waals surface area contributed by atoms with Gasteiger partial charge < -0.3 is 15.2 Å². The van der Waals surface area contributed by atoms with Gasteiger partial charge in [0, 0.05) is 23.4 Å². The topological polar surface area (TPSA) is 60.2 Å². The van der Waals surface area contributed by atoms with Crippen LogP contribution in [-0.4, -0.2) is 17.6 Å². The maximum absolute atomic E-state index is 14.6. The average molecular weight is 464 g/mol. The Hall–Kier alpha value is -2.49. The highest BCUT2D eigenvalue weighted by molar-refractivity contribution is 8.00. The number of halogens is 3. The van der Waals surface area contributed by atoms with Gasteiger partial charge in [0.2, 0.25) is 0 Å². The molecule has 0 bridgehead atoms. The number of rotatable bonds is 7. The smallest absolute Gasteiger partial charge is 0.166 e. The predicted molar refractivity (Wildman–Crippen MR) is 119 cm³/mol. The zero-order chi connectivity index (χ0) is 21.8. The van der Waals surface area contributed by atoms with Crippen LogP contribution >= 0.6 is 23.3 Å². The van der Waals surface area contributed by atoms with Gasteiger partial charge in [-0.25, -0.2) is 18.2 Å². The zero-order valence-electron chi connectivity index (χ0n) is 16.4. The summed E-state index contributed by atoms with van der Waals surface area (Å²) in [6, 6.07) is 8.08. The Morgan fingerprint density at radius 1 is 1.16 bits per heavy atom. The predicted octanol–water partition coefficient (Wildman–Crippen LogP) is 5.88. The third-order valence-corrected chi connectivity index (χ3v) is 6.49. The molecule has 4 nitrogen and oxygen atoms in total. The van der Waals surface area contributed by atoms with Crippen LogP contribution in [0.4, 0.5) is 19.0 Å². The summed E-state index contributed by atoms with van der Waals surface area (Å²) in [5.74, 6) is -1.42. The summed E-state index contributed by atoms with van der Waals surface area (Å²) in [4.78, 5) is 4.13. The van der Waals surface area contributed by atoms with Crippen molar-refractivity contribution in [1.82, 2.24) is 4.98 Å². The molecule has 0 radical (unpaired) electrons. The van der Waals surface area contributed by atoms with E-state index in [1.54, 1.807) is 23.0 Å². The van der Waals surface area contributed by atoms with Gasteiger partial charge in [0.25, 0.3) is 0 Å². The molecule has 0 aliphatic heterocycles. The van der Waals surface area contributed by atoms with Crippen LogP contribution in [-0.2, 0) is 0 Å². The second-order valence-electron chi connectivity index (χ2n) is 7.12. The van der Waals surface area contributed by atoms with Crippen molar-refractivity contribution in [2.45, 2.75) is 23.8 Å². The molecule has 1 heterocycles. The molecule has 0 fully saturated rings. The van der Waals surface area contributed by atoms with Crippen LogP contribution in [0.15, 0.2) is 58.3 Å². The van der Waals surface area contributed by atoms with Crippen molar-refractivity contribution in [3.05, 3.63) is 76.4 Å². The fourth-order valence-electron chi connectivity index (χ4n) is 3.45. The number of nitrogens with two attached hydrogens (primary N) is 1. The van der Waals surface area contributed by atoms with Crippen molar-refractivity contribution in [3.8, 4) is 5.75 Å². The lowest BCUT2D eigenvalue weighted by molar-refractivity contribution is 0.242. The quantitative estimate of drug-likeness (QED) is 0.429. The van der Waals surface area contributed by atoms with Crippen LogP contribution in [0.2, 0.25) is 0 Å². The fourth-order valence-corrected chi connectivity index (χ4v) is 4.65. The van der Waals surface area contributed by atoms with E-state index < -0.39 is 11.6 Å². The van der Waals surface area contributed by atoms with Gasteiger partial charge >= 0.3 is 0 Å². The van der Waals surface area contributed by atoms with Gasteiger partial charge in [-0.15, -0.1) is 11.3 Å². The Bertz CT molecular complexity index is 1060. The highest BCUT2D eigenvalue weighted by atomic mass is 32.2. The first-order chi connectivity index (χ1) is 15.0. The largest absolute Gasteiger partial charge is 0.490 e. The summed E-state index contributed by atoms with van der Waals surface area (Å²) in [7, 11) is 0. The zero-order valence-corrected chi connectivity index (χ0v) is 18.0. The number of hydrogen-bond acceptors (Lipinski definition) is 6. The number of allylic oxidation sites excluding steroid dienone is 1. The van der Waals surface area contributed by atoms with E-state index in [-0.39, 0.29) is 35.0 Å². The molecule has 9 heteroatoms. The van der Waals surface area contributed by atoms with Crippen molar-refractivity contribution in [2.75, 3.05) is 11.3 Å². The Labute approximate surface area is 186 Å². The maximum Gasteiger partial charge on any atom is 0.166 e. The standard InChI is InChI=1S/C22H20F3N3OS2/c23-14-6-4-13(5-7-14)15-2-1-3-19(26)16(15)10-29-20-8-18(25)21(9-17(20)24)31-28-22-11-30-12-27-22/h2,4-9,11-12,16,19,28H,1,3,10,26H2. The molecule has 3 aromatic rings. The summed E-state index contributed by atoms with van der Waals surface area (Å²) in [5.41, 5.74) is 9.71. The molecule has 0 spiro atoms. The first kappa shape index (κ1) is 21.7.